The lowest BCUT2D eigenvalue weighted by atomic mass is 10.0. The Labute approximate surface area is 127 Å². The Bertz CT molecular complexity index is 705. The van der Waals surface area contributed by atoms with E-state index in [1.165, 1.54) is 0 Å². The van der Waals surface area contributed by atoms with Gasteiger partial charge in [0.25, 0.3) is 0 Å². The largest absolute Gasteiger partial charge is 0.463 e. The van der Waals surface area contributed by atoms with E-state index in [0.29, 0.717) is 24.7 Å². The number of ether oxygens (including phenoxy) is 1. The van der Waals surface area contributed by atoms with Crippen LogP contribution in [0.2, 0.25) is 5.02 Å². The van der Waals surface area contributed by atoms with Crippen molar-refractivity contribution in [3.05, 3.63) is 41.3 Å². The highest BCUT2D eigenvalue weighted by molar-refractivity contribution is 6.31. The third-order valence-electron chi connectivity index (χ3n) is 3.59. The molecule has 1 aromatic carbocycles. The van der Waals surface area contributed by atoms with E-state index >= 15 is 0 Å². The molecule has 0 N–H and O–H groups in total. The van der Waals surface area contributed by atoms with E-state index < -0.39 is 0 Å². The van der Waals surface area contributed by atoms with Gasteiger partial charge in [-0.25, -0.2) is 4.79 Å². The van der Waals surface area contributed by atoms with Gasteiger partial charge in [-0.3, -0.25) is 0 Å². The van der Waals surface area contributed by atoms with Gasteiger partial charge in [0, 0.05) is 28.9 Å². The second-order valence-corrected chi connectivity index (χ2v) is 5.36. The number of furan rings is 1. The van der Waals surface area contributed by atoms with Crippen molar-refractivity contribution in [3.63, 3.8) is 0 Å². The van der Waals surface area contributed by atoms with Gasteiger partial charge < -0.3 is 14.1 Å². The second kappa shape index (κ2) is 5.82. The predicted molar refractivity (Wildman–Crippen MR) is 82.4 cm³/mol. The molecular formula is C16H16ClNO3. The average molecular weight is 306 g/mol. The van der Waals surface area contributed by atoms with Crippen LogP contribution in [0.5, 0.6) is 0 Å². The summed E-state index contributed by atoms with van der Waals surface area (Å²) >= 11 is 5.98. The number of fused-ring (bicyclic) bond motifs is 1. The number of benzene rings is 1. The van der Waals surface area contributed by atoms with Crippen LogP contribution in [0.4, 0.5) is 4.79 Å². The summed E-state index contributed by atoms with van der Waals surface area (Å²) in [6.07, 6.45) is 4.23. The van der Waals surface area contributed by atoms with Gasteiger partial charge >= 0.3 is 6.09 Å². The van der Waals surface area contributed by atoms with E-state index in [1.807, 2.05) is 31.2 Å². The molecule has 1 aliphatic rings. The molecule has 0 atom stereocenters. The SMILES string of the molecule is CCOC(=O)N1CC=C(c2occ3cc(Cl)ccc23)CC1. The van der Waals surface area contributed by atoms with Crippen LogP contribution < -0.4 is 0 Å². The molecule has 1 amide bonds. The fraction of sp³-hybridized carbons (Fsp3) is 0.312. The molecule has 0 saturated heterocycles. The number of nitrogens with zero attached hydrogens (tertiary/aromatic N) is 1. The van der Waals surface area contributed by atoms with Crippen LogP contribution in [0, 0.1) is 0 Å². The van der Waals surface area contributed by atoms with Gasteiger partial charge in [-0.2, -0.15) is 0 Å². The van der Waals surface area contributed by atoms with Gasteiger partial charge in [0.05, 0.1) is 12.9 Å². The summed E-state index contributed by atoms with van der Waals surface area (Å²) in [7, 11) is 0. The predicted octanol–water partition coefficient (Wildman–Crippen LogP) is 4.33. The van der Waals surface area contributed by atoms with Gasteiger partial charge in [0.2, 0.25) is 0 Å². The first-order chi connectivity index (χ1) is 10.2. The van der Waals surface area contributed by atoms with Crippen LogP contribution in [0.3, 0.4) is 0 Å². The molecule has 2 aromatic rings. The van der Waals surface area contributed by atoms with E-state index in [1.54, 1.807) is 11.2 Å². The van der Waals surface area contributed by atoms with Crippen molar-refractivity contribution in [2.75, 3.05) is 19.7 Å². The molecule has 2 heterocycles. The van der Waals surface area contributed by atoms with E-state index in [4.69, 9.17) is 20.8 Å². The van der Waals surface area contributed by atoms with Crippen LogP contribution in [0.15, 0.2) is 35.0 Å². The number of hydrogen-bond donors (Lipinski definition) is 0. The Morgan fingerprint density at radius 3 is 3.05 bits per heavy atom. The zero-order chi connectivity index (χ0) is 14.8. The van der Waals surface area contributed by atoms with Crippen molar-refractivity contribution in [3.8, 4) is 0 Å². The first-order valence-electron chi connectivity index (χ1n) is 6.97. The van der Waals surface area contributed by atoms with Gasteiger partial charge in [-0.05, 0) is 37.1 Å². The quantitative estimate of drug-likeness (QED) is 0.829. The molecule has 0 fully saturated rings. The van der Waals surface area contributed by atoms with Crippen molar-refractivity contribution in [2.24, 2.45) is 0 Å². The molecule has 0 bridgehead atoms. The summed E-state index contributed by atoms with van der Waals surface area (Å²) in [6, 6.07) is 5.71. The van der Waals surface area contributed by atoms with Crippen molar-refractivity contribution < 1.29 is 13.9 Å². The Morgan fingerprint density at radius 2 is 2.33 bits per heavy atom. The summed E-state index contributed by atoms with van der Waals surface area (Å²) in [5.41, 5.74) is 1.12. The van der Waals surface area contributed by atoms with Crippen LogP contribution >= 0.6 is 11.6 Å². The number of amides is 1. The summed E-state index contributed by atoms with van der Waals surface area (Å²) in [4.78, 5) is 13.4. The standard InChI is InChI=1S/C16H16ClNO3/c1-2-20-16(19)18-7-5-11(6-8-18)15-14-4-3-13(17)9-12(14)10-21-15/h3-5,9-10H,2,6-8H2,1H3. The molecule has 4 nitrogen and oxygen atoms in total. The van der Waals surface area contributed by atoms with Crippen LogP contribution in [0.1, 0.15) is 19.1 Å². The molecule has 0 spiro atoms. The average Bonchev–Trinajstić information content (AvgIpc) is 2.90. The third-order valence-corrected chi connectivity index (χ3v) is 3.82. The Balaban J connectivity index is 1.83. The minimum absolute atomic E-state index is 0.260. The number of halogens is 1. The topological polar surface area (TPSA) is 42.7 Å². The van der Waals surface area contributed by atoms with Gasteiger partial charge in [0.1, 0.15) is 5.76 Å². The van der Waals surface area contributed by atoms with E-state index in [0.717, 1.165) is 28.5 Å². The maximum Gasteiger partial charge on any atom is 0.410 e. The minimum atomic E-state index is -0.260. The lowest BCUT2D eigenvalue weighted by Crippen LogP contribution is -2.35. The lowest BCUT2D eigenvalue weighted by Gasteiger charge is -2.25. The minimum Gasteiger partial charge on any atom is -0.463 e. The molecule has 0 saturated carbocycles. The van der Waals surface area contributed by atoms with E-state index in [2.05, 4.69) is 0 Å². The molecule has 0 aliphatic carbocycles. The Morgan fingerprint density at radius 1 is 1.48 bits per heavy atom. The van der Waals surface area contributed by atoms with Crippen LogP contribution in [0.25, 0.3) is 16.3 Å². The normalized spacial score (nSPS) is 15.1. The smallest absolute Gasteiger partial charge is 0.410 e. The molecule has 110 valence electrons. The molecule has 0 unspecified atom stereocenters. The highest BCUT2D eigenvalue weighted by Gasteiger charge is 2.21. The first-order valence-corrected chi connectivity index (χ1v) is 7.34. The van der Waals surface area contributed by atoms with Gasteiger partial charge in [-0.15, -0.1) is 0 Å². The fourth-order valence-corrected chi connectivity index (χ4v) is 2.71. The van der Waals surface area contributed by atoms with Gasteiger partial charge in [0.15, 0.2) is 0 Å². The highest BCUT2D eigenvalue weighted by Crippen LogP contribution is 2.32. The van der Waals surface area contributed by atoms with Crippen LogP contribution in [-0.2, 0) is 4.74 Å². The Hall–Kier alpha value is -1.94. The Kier molecular flexibility index (Phi) is 3.88. The number of carbonyl (C=O) groups is 1. The van der Waals surface area contributed by atoms with Gasteiger partial charge in [-0.1, -0.05) is 17.7 Å². The molecule has 3 rings (SSSR count). The molecule has 1 aromatic heterocycles. The van der Waals surface area contributed by atoms with Crippen molar-refractivity contribution in [1.82, 2.24) is 4.90 Å². The molecule has 21 heavy (non-hydrogen) atoms. The lowest BCUT2D eigenvalue weighted by molar-refractivity contribution is 0.111. The van der Waals surface area contributed by atoms with Crippen molar-refractivity contribution >= 4 is 34.0 Å². The molecule has 5 heteroatoms. The van der Waals surface area contributed by atoms with Crippen molar-refractivity contribution in [2.45, 2.75) is 13.3 Å². The maximum absolute atomic E-state index is 11.7. The zero-order valence-corrected chi connectivity index (χ0v) is 12.5. The fourth-order valence-electron chi connectivity index (χ4n) is 2.53. The number of rotatable bonds is 2. The highest BCUT2D eigenvalue weighted by atomic mass is 35.5. The molecule has 1 aliphatic heterocycles. The number of carbonyl (C=O) groups excluding carboxylic acids is 1. The summed E-state index contributed by atoms with van der Waals surface area (Å²) in [5, 5.41) is 2.74. The van der Waals surface area contributed by atoms with E-state index in [9.17, 15) is 4.79 Å². The third kappa shape index (κ3) is 2.76. The molecule has 0 radical (unpaired) electrons. The number of hydrogen-bond acceptors (Lipinski definition) is 3. The summed E-state index contributed by atoms with van der Waals surface area (Å²) < 4.78 is 10.7. The summed E-state index contributed by atoms with van der Waals surface area (Å²) in [6.45, 7) is 3.39. The van der Waals surface area contributed by atoms with Crippen LogP contribution in [-0.4, -0.2) is 30.7 Å². The zero-order valence-electron chi connectivity index (χ0n) is 11.8. The first kappa shape index (κ1) is 14.0. The maximum atomic E-state index is 11.7. The molecular weight excluding hydrogens is 290 g/mol. The van der Waals surface area contributed by atoms with E-state index in [-0.39, 0.29) is 6.09 Å². The van der Waals surface area contributed by atoms with Crippen molar-refractivity contribution in [1.29, 1.82) is 0 Å². The monoisotopic (exact) mass is 305 g/mol. The summed E-state index contributed by atoms with van der Waals surface area (Å²) in [5.74, 6) is 0.866. The second-order valence-electron chi connectivity index (χ2n) is 4.92.